The van der Waals surface area contributed by atoms with Crippen molar-refractivity contribution < 1.29 is 45.5 Å². The maximum atomic E-state index is 13.7. The molecule has 12 nitrogen and oxygen atoms in total. The first-order chi connectivity index (χ1) is 20.4. The molecule has 2 aliphatic rings. The molecule has 1 saturated heterocycles. The summed E-state index contributed by atoms with van der Waals surface area (Å²) in [7, 11) is -7.60. The Hall–Kier alpha value is -3.53. The minimum absolute atomic E-state index is 0.00537. The largest absolute Gasteiger partial charge is 0.492 e. The second-order valence-electron chi connectivity index (χ2n) is 10.3. The molecule has 43 heavy (non-hydrogen) atoms. The Labute approximate surface area is 250 Å². The fraction of sp³-hybridized carbons (Fsp3) is 0.345. The van der Waals surface area contributed by atoms with Gasteiger partial charge in [-0.15, -0.1) is 0 Å². The Kier molecular flexibility index (Phi) is 8.79. The molecule has 0 radical (unpaired) electrons. The van der Waals surface area contributed by atoms with Crippen LogP contribution in [0.2, 0.25) is 0 Å². The van der Waals surface area contributed by atoms with Crippen LogP contribution in [-0.4, -0.2) is 75.9 Å². The van der Waals surface area contributed by atoms with Crippen LogP contribution in [0.3, 0.4) is 0 Å². The molecule has 3 aromatic rings. The van der Waals surface area contributed by atoms with Gasteiger partial charge in [0.15, 0.2) is 0 Å². The van der Waals surface area contributed by atoms with Gasteiger partial charge in [0.05, 0.1) is 29.4 Å². The summed E-state index contributed by atoms with van der Waals surface area (Å²) in [4.78, 5) is 14.1. The Balaban J connectivity index is 1.29. The summed E-state index contributed by atoms with van der Waals surface area (Å²) in [5.41, 5.74) is 0.588. The maximum absolute atomic E-state index is 13.7. The number of sulfonamides is 1. The molecule has 1 fully saturated rings. The average molecular weight is 633 g/mol. The fourth-order valence-corrected chi connectivity index (χ4v) is 7.19. The predicted molar refractivity (Wildman–Crippen MR) is 155 cm³/mol. The number of carbonyl (C=O) groups is 1. The van der Waals surface area contributed by atoms with Gasteiger partial charge in [-0.25, -0.2) is 8.42 Å². The van der Waals surface area contributed by atoms with Gasteiger partial charge in [0.25, 0.3) is 21.8 Å². The highest BCUT2D eigenvalue weighted by atomic mass is 32.2. The first kappa shape index (κ1) is 30.9. The van der Waals surface area contributed by atoms with Crippen LogP contribution < -0.4 is 14.4 Å². The van der Waals surface area contributed by atoms with Gasteiger partial charge in [0.1, 0.15) is 31.3 Å². The van der Waals surface area contributed by atoms with Crippen molar-refractivity contribution in [1.29, 1.82) is 0 Å². The first-order valence-corrected chi connectivity index (χ1v) is 16.8. The number of benzene rings is 3. The van der Waals surface area contributed by atoms with Gasteiger partial charge in [0, 0.05) is 12.1 Å². The van der Waals surface area contributed by atoms with Crippen molar-refractivity contribution in [1.82, 2.24) is 4.31 Å². The van der Waals surface area contributed by atoms with Crippen LogP contribution in [0.1, 0.15) is 24.0 Å². The van der Waals surface area contributed by atoms with Gasteiger partial charge in [-0.1, -0.05) is 30.3 Å². The number of carbonyl (C=O) groups excluding carboxylic acids is 1. The molecule has 1 atom stereocenters. The van der Waals surface area contributed by atoms with E-state index in [1.54, 1.807) is 36.4 Å². The van der Waals surface area contributed by atoms with E-state index < -0.39 is 37.9 Å². The van der Waals surface area contributed by atoms with Crippen molar-refractivity contribution in [3.8, 4) is 11.5 Å². The molecule has 2 N–H and O–H groups in total. The molecule has 14 heteroatoms. The van der Waals surface area contributed by atoms with E-state index in [-0.39, 0.29) is 42.5 Å². The van der Waals surface area contributed by atoms with E-state index in [2.05, 4.69) is 4.18 Å². The molecule has 0 bridgehead atoms. The number of amides is 1. The smallest absolute Gasteiger partial charge is 0.292 e. The van der Waals surface area contributed by atoms with Gasteiger partial charge in [-0.05, 0) is 60.9 Å². The van der Waals surface area contributed by atoms with Gasteiger partial charge < -0.3 is 24.6 Å². The molecule has 1 amide bonds. The number of hydrogen-bond donors (Lipinski definition) is 2. The SMILES string of the molecule is CS(=O)(=O)OCCOc1ccc(CN2C(=O)C(O)(O)c3cc(S(=O)(=O)N4CCC[C@H]4COc4ccccc4)ccc32)cc1. The summed E-state index contributed by atoms with van der Waals surface area (Å²) in [5, 5.41) is 21.5. The van der Waals surface area contributed by atoms with E-state index in [9.17, 15) is 31.8 Å². The lowest BCUT2D eigenvalue weighted by molar-refractivity contribution is -0.183. The summed E-state index contributed by atoms with van der Waals surface area (Å²) >= 11 is 0. The topological polar surface area (TPSA) is 160 Å². The van der Waals surface area contributed by atoms with Crippen molar-refractivity contribution in [2.75, 3.05) is 37.5 Å². The number of rotatable bonds is 12. The third kappa shape index (κ3) is 6.84. The molecule has 0 aliphatic carbocycles. The number of ether oxygens (including phenoxy) is 2. The Morgan fingerprint density at radius 1 is 0.907 bits per heavy atom. The molecule has 2 aliphatic heterocycles. The van der Waals surface area contributed by atoms with Crippen molar-refractivity contribution in [3.63, 3.8) is 0 Å². The minimum Gasteiger partial charge on any atom is -0.492 e. The normalized spacial score (nSPS) is 18.5. The molecule has 0 saturated carbocycles. The van der Waals surface area contributed by atoms with E-state index in [4.69, 9.17) is 9.47 Å². The summed E-state index contributed by atoms with van der Waals surface area (Å²) in [6, 6.07) is 19.2. The van der Waals surface area contributed by atoms with E-state index in [1.807, 2.05) is 18.2 Å². The van der Waals surface area contributed by atoms with Gasteiger partial charge in [0.2, 0.25) is 10.0 Å². The highest BCUT2D eigenvalue weighted by Gasteiger charge is 2.49. The number of hydrogen-bond acceptors (Lipinski definition) is 10. The van der Waals surface area contributed by atoms with Crippen LogP contribution in [0.5, 0.6) is 11.5 Å². The molecular weight excluding hydrogens is 600 g/mol. The fourth-order valence-electron chi connectivity index (χ4n) is 5.12. The predicted octanol–water partition coefficient (Wildman–Crippen LogP) is 1.96. The monoisotopic (exact) mass is 632 g/mol. The third-order valence-electron chi connectivity index (χ3n) is 7.21. The van der Waals surface area contributed by atoms with E-state index >= 15 is 0 Å². The zero-order valence-electron chi connectivity index (χ0n) is 23.3. The number of aliphatic hydroxyl groups is 2. The molecule has 0 aromatic heterocycles. The molecule has 0 unspecified atom stereocenters. The van der Waals surface area contributed by atoms with Crippen molar-refractivity contribution in [2.24, 2.45) is 0 Å². The van der Waals surface area contributed by atoms with Crippen LogP contribution in [-0.2, 0) is 41.5 Å². The molecule has 2 heterocycles. The maximum Gasteiger partial charge on any atom is 0.292 e. The third-order valence-corrected chi connectivity index (χ3v) is 9.75. The van der Waals surface area contributed by atoms with Crippen molar-refractivity contribution >= 4 is 31.7 Å². The van der Waals surface area contributed by atoms with Crippen LogP contribution in [0.25, 0.3) is 0 Å². The van der Waals surface area contributed by atoms with Gasteiger partial charge >= 0.3 is 0 Å². The zero-order chi connectivity index (χ0) is 30.8. The Morgan fingerprint density at radius 2 is 1.60 bits per heavy atom. The molecular formula is C29H32N2O10S2. The molecule has 5 rings (SSSR count). The highest BCUT2D eigenvalue weighted by Crippen LogP contribution is 2.41. The molecule has 0 spiro atoms. The average Bonchev–Trinajstić information content (AvgIpc) is 3.53. The second-order valence-corrected chi connectivity index (χ2v) is 13.8. The summed E-state index contributed by atoms with van der Waals surface area (Å²) in [5.74, 6) is -2.85. The number of fused-ring (bicyclic) bond motifs is 1. The number of anilines is 1. The van der Waals surface area contributed by atoms with E-state index in [1.165, 1.54) is 21.3 Å². The van der Waals surface area contributed by atoms with Crippen LogP contribution in [0, 0.1) is 0 Å². The quantitative estimate of drug-likeness (QED) is 0.172. The van der Waals surface area contributed by atoms with E-state index in [0.29, 0.717) is 36.4 Å². The summed E-state index contributed by atoms with van der Waals surface area (Å²) < 4.78 is 66.6. The van der Waals surface area contributed by atoms with Gasteiger partial charge in [-0.2, -0.15) is 12.7 Å². The molecule has 3 aromatic carbocycles. The van der Waals surface area contributed by atoms with Gasteiger partial charge in [-0.3, -0.25) is 8.98 Å². The molecule has 230 valence electrons. The lowest BCUT2D eigenvalue weighted by Crippen LogP contribution is -2.40. The Morgan fingerprint density at radius 3 is 2.30 bits per heavy atom. The standard InChI is InChI=1S/C29H32N2O10S2/c1-42(35,36)41-17-16-39-24-11-9-21(10-12-24)19-30-27-14-13-25(18-26(27)29(33,34)28(30)32)43(37,38)31-15-5-6-22(31)20-40-23-7-3-2-4-8-23/h2-4,7-14,18,22,33-34H,5-6,15-17,19-20H2,1H3/t22-/m0/s1. The van der Waals surface area contributed by atoms with Crippen LogP contribution >= 0.6 is 0 Å². The first-order valence-electron chi connectivity index (χ1n) is 13.5. The van der Waals surface area contributed by atoms with E-state index in [0.717, 1.165) is 12.3 Å². The van der Waals surface area contributed by atoms with Crippen molar-refractivity contribution in [3.05, 3.63) is 83.9 Å². The highest BCUT2D eigenvalue weighted by molar-refractivity contribution is 7.89. The van der Waals surface area contributed by atoms with Crippen LogP contribution in [0.15, 0.2) is 77.7 Å². The summed E-state index contributed by atoms with van der Waals surface area (Å²) in [6.07, 6.45) is 2.21. The lowest BCUT2D eigenvalue weighted by atomic mass is 10.1. The number of para-hydroxylation sites is 1. The Bertz CT molecular complexity index is 1680. The summed E-state index contributed by atoms with van der Waals surface area (Å²) in [6.45, 7) is 0.296. The second kappa shape index (κ2) is 12.2. The van der Waals surface area contributed by atoms with Crippen LogP contribution in [0.4, 0.5) is 5.69 Å². The lowest BCUT2D eigenvalue weighted by Gasteiger charge is -2.25. The van der Waals surface area contributed by atoms with Crippen molar-refractivity contribution in [2.45, 2.75) is 36.1 Å². The zero-order valence-corrected chi connectivity index (χ0v) is 25.0. The number of nitrogens with zero attached hydrogens (tertiary/aromatic N) is 2. The minimum atomic E-state index is -4.04.